The van der Waals surface area contributed by atoms with Crippen molar-refractivity contribution in [3.63, 3.8) is 0 Å². The van der Waals surface area contributed by atoms with Gasteiger partial charge in [0.2, 0.25) is 0 Å². The zero-order valence-corrected chi connectivity index (χ0v) is 18.6. The molecule has 1 atom stereocenters. The molecule has 1 saturated carbocycles. The number of rotatable bonds is 12. The first kappa shape index (κ1) is 22.0. The summed E-state index contributed by atoms with van der Waals surface area (Å²) in [6.45, 7) is 4.35. The lowest BCUT2D eigenvalue weighted by molar-refractivity contribution is 0.327. The summed E-state index contributed by atoms with van der Waals surface area (Å²) in [5.41, 5.74) is 7.76. The van der Waals surface area contributed by atoms with E-state index in [0.29, 0.717) is 29.8 Å². The minimum Gasteiger partial charge on any atom is -0.341 e. The van der Waals surface area contributed by atoms with Gasteiger partial charge in [0.05, 0.1) is 18.1 Å². The molecule has 0 radical (unpaired) electrons. The highest BCUT2D eigenvalue weighted by Gasteiger charge is 2.25. The Hall–Kier alpha value is -2.23. The Bertz CT molecular complexity index is 916. The quantitative estimate of drug-likeness (QED) is 0.235. The zero-order valence-electron chi connectivity index (χ0n) is 18.6. The highest BCUT2D eigenvalue weighted by atomic mass is 16.1. The van der Waals surface area contributed by atoms with Crippen LogP contribution in [0.3, 0.4) is 0 Å². The van der Waals surface area contributed by atoms with E-state index in [1.807, 2.05) is 6.20 Å². The van der Waals surface area contributed by atoms with Gasteiger partial charge in [-0.2, -0.15) is 0 Å². The van der Waals surface area contributed by atoms with E-state index in [1.54, 1.807) is 17.8 Å². The highest BCUT2D eigenvalue weighted by Crippen LogP contribution is 2.38. The van der Waals surface area contributed by atoms with Gasteiger partial charge in [-0.15, -0.1) is 0 Å². The lowest BCUT2D eigenvalue weighted by atomic mass is 10.2. The van der Waals surface area contributed by atoms with Crippen LogP contribution in [0.4, 0.5) is 5.82 Å². The van der Waals surface area contributed by atoms with Gasteiger partial charge < -0.3 is 25.9 Å². The third-order valence-corrected chi connectivity index (χ3v) is 6.35. The first-order chi connectivity index (χ1) is 15.2. The summed E-state index contributed by atoms with van der Waals surface area (Å²) >= 11 is 0. The van der Waals surface area contributed by atoms with E-state index >= 15 is 0 Å². The molecule has 5 N–H and O–H groups in total. The molecular weight excluding hydrogens is 392 g/mol. The van der Waals surface area contributed by atoms with Gasteiger partial charge >= 0.3 is 5.69 Å². The molecule has 9 nitrogen and oxygen atoms in total. The van der Waals surface area contributed by atoms with Crippen LogP contribution in [-0.2, 0) is 6.54 Å². The van der Waals surface area contributed by atoms with Crippen LogP contribution in [0.15, 0.2) is 16.0 Å². The first-order valence-electron chi connectivity index (χ1n) is 11.7. The van der Waals surface area contributed by atoms with Crippen LogP contribution in [0.2, 0.25) is 0 Å². The number of hydrogen-bond donors (Lipinski definition) is 4. The predicted molar refractivity (Wildman–Crippen MR) is 123 cm³/mol. The summed E-state index contributed by atoms with van der Waals surface area (Å²) in [5.74, 6) is 1.89. The summed E-state index contributed by atoms with van der Waals surface area (Å²) in [7, 11) is 1.77. The summed E-state index contributed by atoms with van der Waals surface area (Å²) < 4.78 is 1.70. The molecule has 2 aromatic heterocycles. The summed E-state index contributed by atoms with van der Waals surface area (Å²) in [5, 5.41) is 2.99. The predicted octanol–water partition coefficient (Wildman–Crippen LogP) is 2.36. The maximum Gasteiger partial charge on any atom is 0.327 e. The van der Waals surface area contributed by atoms with Crippen molar-refractivity contribution in [3.8, 4) is 0 Å². The summed E-state index contributed by atoms with van der Waals surface area (Å²) in [6, 6.07) is 0. The number of aromatic amines is 2. The number of nitrogens with zero attached hydrogens (tertiary/aromatic N) is 4. The Labute approximate surface area is 183 Å². The van der Waals surface area contributed by atoms with Gasteiger partial charge in [-0.3, -0.25) is 4.57 Å². The molecule has 2 aromatic rings. The molecule has 9 heteroatoms. The topological polar surface area (TPSA) is 120 Å². The van der Waals surface area contributed by atoms with Crippen LogP contribution in [0.1, 0.15) is 80.7 Å². The second-order valence-electron chi connectivity index (χ2n) is 8.80. The van der Waals surface area contributed by atoms with Crippen molar-refractivity contribution in [2.24, 2.45) is 10.7 Å². The fourth-order valence-electron chi connectivity index (χ4n) is 4.29. The molecule has 0 amide bonds. The number of unbranched alkanes of at least 4 members (excludes halogenated alkanes) is 3. The van der Waals surface area contributed by atoms with Crippen LogP contribution in [0, 0.1) is 0 Å². The molecule has 170 valence electrons. The van der Waals surface area contributed by atoms with Crippen LogP contribution in [0.5, 0.6) is 0 Å². The van der Waals surface area contributed by atoms with E-state index < -0.39 is 6.17 Å². The van der Waals surface area contributed by atoms with E-state index in [4.69, 9.17) is 5.73 Å². The Kier molecular flexibility index (Phi) is 7.37. The Morgan fingerprint density at radius 3 is 2.68 bits per heavy atom. The molecule has 2 fully saturated rings. The second-order valence-corrected chi connectivity index (χ2v) is 8.80. The fourth-order valence-corrected chi connectivity index (χ4v) is 4.29. The van der Waals surface area contributed by atoms with Gasteiger partial charge in [-0.25, -0.2) is 14.8 Å². The molecule has 4 rings (SSSR count). The molecule has 3 heterocycles. The van der Waals surface area contributed by atoms with Gasteiger partial charge in [0.15, 0.2) is 5.82 Å². The summed E-state index contributed by atoms with van der Waals surface area (Å²) in [4.78, 5) is 30.4. The van der Waals surface area contributed by atoms with Gasteiger partial charge in [0.25, 0.3) is 0 Å². The Morgan fingerprint density at radius 2 is 1.97 bits per heavy atom. The van der Waals surface area contributed by atoms with Crippen molar-refractivity contribution in [2.45, 2.75) is 70.0 Å². The van der Waals surface area contributed by atoms with Crippen LogP contribution < -0.4 is 16.7 Å². The number of aliphatic imine (C=N–C) groups is 1. The van der Waals surface area contributed by atoms with Gasteiger partial charge in [0.1, 0.15) is 5.82 Å². The van der Waals surface area contributed by atoms with Crippen molar-refractivity contribution in [1.29, 1.82) is 0 Å². The Morgan fingerprint density at radius 1 is 1.23 bits per heavy atom. The molecule has 2 aliphatic rings. The largest absolute Gasteiger partial charge is 0.341 e. The molecule has 0 spiro atoms. The van der Waals surface area contributed by atoms with Crippen LogP contribution in [-0.4, -0.2) is 57.3 Å². The van der Waals surface area contributed by atoms with Gasteiger partial charge in [-0.1, -0.05) is 12.8 Å². The lowest BCUT2D eigenvalue weighted by Crippen LogP contribution is -2.25. The van der Waals surface area contributed by atoms with Crippen LogP contribution in [0.25, 0.3) is 0 Å². The fraction of sp³-hybridized carbons (Fsp3) is 0.682. The highest BCUT2D eigenvalue weighted by molar-refractivity contribution is 5.77. The number of hydrogen-bond acceptors (Lipinski definition) is 6. The average Bonchev–Trinajstić information content (AvgIpc) is 3.16. The van der Waals surface area contributed by atoms with Crippen molar-refractivity contribution in [2.75, 3.05) is 26.7 Å². The monoisotopic (exact) mass is 428 g/mol. The van der Waals surface area contributed by atoms with E-state index in [0.717, 1.165) is 18.5 Å². The van der Waals surface area contributed by atoms with E-state index in [1.165, 1.54) is 58.2 Å². The maximum atomic E-state index is 12.6. The third kappa shape index (κ3) is 5.72. The molecule has 1 saturated heterocycles. The normalized spacial score (nSPS) is 18.4. The third-order valence-electron chi connectivity index (χ3n) is 6.35. The Balaban J connectivity index is 1.37. The van der Waals surface area contributed by atoms with Gasteiger partial charge in [-0.05, 0) is 65.2 Å². The maximum absolute atomic E-state index is 12.6. The average molecular weight is 429 g/mol. The number of H-pyrrole nitrogens is 2. The van der Waals surface area contributed by atoms with Gasteiger partial charge in [0, 0.05) is 24.4 Å². The van der Waals surface area contributed by atoms with Crippen molar-refractivity contribution < 1.29 is 0 Å². The molecule has 31 heavy (non-hydrogen) atoms. The van der Waals surface area contributed by atoms with Crippen molar-refractivity contribution >= 4 is 12.0 Å². The van der Waals surface area contributed by atoms with Crippen molar-refractivity contribution in [1.82, 2.24) is 29.7 Å². The molecule has 1 unspecified atom stereocenters. The van der Waals surface area contributed by atoms with E-state index in [2.05, 4.69) is 30.2 Å². The molecule has 0 aromatic carbocycles. The number of aromatic nitrogens is 4. The minimum absolute atomic E-state index is 0.164. The zero-order chi connectivity index (χ0) is 21.6. The SMILES string of the molecule is CNC(N)c1[nH]c(=O)n(CCCCCCN2CCCC2)c1N=Cc1ncc(C2CC2)[nH]1. The van der Waals surface area contributed by atoms with Crippen molar-refractivity contribution in [3.05, 3.63) is 33.9 Å². The number of nitrogens with one attached hydrogen (secondary N) is 3. The molecular formula is C22H36N8O. The second kappa shape index (κ2) is 10.4. The number of imidazole rings is 2. The summed E-state index contributed by atoms with van der Waals surface area (Å²) in [6.07, 6.45) is 12.7. The van der Waals surface area contributed by atoms with Crippen LogP contribution >= 0.6 is 0 Å². The molecule has 1 aliphatic heterocycles. The first-order valence-corrected chi connectivity index (χ1v) is 11.7. The minimum atomic E-state index is -0.486. The standard InChI is InChI=1S/C22H36N8O/c1-24-20(23)19-21(26-15-18-25-14-17(27-18)16-8-9-16)30(22(31)28-19)13-5-3-2-4-10-29-11-6-7-12-29/h14-16,20,24H,2-13,23H2,1H3,(H,25,27)(H,28,31). The molecule has 0 bridgehead atoms. The number of likely N-dealkylation sites (tertiary alicyclic amines) is 1. The van der Waals surface area contributed by atoms with E-state index in [9.17, 15) is 4.79 Å². The number of nitrogens with two attached hydrogens (primary N) is 1. The lowest BCUT2D eigenvalue weighted by Gasteiger charge is -2.14. The smallest absolute Gasteiger partial charge is 0.327 e. The van der Waals surface area contributed by atoms with E-state index in [-0.39, 0.29) is 5.69 Å². The molecule has 1 aliphatic carbocycles.